The van der Waals surface area contributed by atoms with Crippen molar-refractivity contribution in [1.29, 1.82) is 0 Å². The fraction of sp³-hybridized carbons (Fsp3) is 0.333. The number of amides is 3. The molecule has 7 nitrogen and oxygen atoms in total. The lowest BCUT2D eigenvalue weighted by atomic mass is 9.82. The first-order chi connectivity index (χ1) is 17.1. The Hall–Kier alpha value is -3.16. The maximum absolute atomic E-state index is 13.0. The van der Waals surface area contributed by atoms with Gasteiger partial charge in [-0.3, -0.25) is 19.2 Å². The molecule has 2 aliphatic heterocycles. The first-order valence-electron chi connectivity index (χ1n) is 11.7. The van der Waals surface area contributed by atoms with E-state index in [-0.39, 0.29) is 48.3 Å². The number of halogens is 2. The van der Waals surface area contributed by atoms with Crippen LogP contribution in [0.1, 0.15) is 31.7 Å². The summed E-state index contributed by atoms with van der Waals surface area (Å²) in [5.74, 6) is -2.21. The second-order valence-corrected chi connectivity index (χ2v) is 10.4. The second-order valence-electron chi connectivity index (χ2n) is 9.59. The van der Waals surface area contributed by atoms with Crippen molar-refractivity contribution in [2.45, 2.75) is 33.1 Å². The molecule has 2 aromatic rings. The van der Waals surface area contributed by atoms with Crippen LogP contribution in [0.25, 0.3) is 0 Å². The molecule has 36 heavy (non-hydrogen) atoms. The molecule has 0 unspecified atom stereocenters. The van der Waals surface area contributed by atoms with Gasteiger partial charge in [-0.25, -0.2) is 4.90 Å². The van der Waals surface area contributed by atoms with Gasteiger partial charge in [-0.1, -0.05) is 34.9 Å². The summed E-state index contributed by atoms with van der Waals surface area (Å²) in [7, 11) is 0. The van der Waals surface area contributed by atoms with Crippen molar-refractivity contribution in [2.75, 3.05) is 16.3 Å². The van der Waals surface area contributed by atoms with E-state index in [1.54, 1.807) is 43.3 Å². The monoisotopic (exact) mass is 526 g/mol. The third-order valence-corrected chi connectivity index (χ3v) is 7.66. The van der Waals surface area contributed by atoms with E-state index in [2.05, 4.69) is 0 Å². The number of nitrogens with zero attached hydrogens (tertiary/aromatic N) is 2. The molecular formula is C27H24Cl2N2O5. The third kappa shape index (κ3) is 4.31. The Morgan fingerprint density at radius 2 is 1.69 bits per heavy atom. The zero-order chi connectivity index (χ0) is 25.7. The van der Waals surface area contributed by atoms with E-state index in [0.29, 0.717) is 39.8 Å². The maximum atomic E-state index is 13.0. The number of carbonyl (C=O) groups is 4. The molecule has 3 atom stereocenters. The zero-order valence-electron chi connectivity index (χ0n) is 19.8. The molecule has 3 amide bonds. The molecule has 5 rings (SSSR count). The van der Waals surface area contributed by atoms with Crippen LogP contribution in [0.4, 0.5) is 11.4 Å². The average molecular weight is 527 g/mol. The molecule has 0 spiro atoms. The number of imide groups is 1. The zero-order valence-corrected chi connectivity index (χ0v) is 21.3. The van der Waals surface area contributed by atoms with Gasteiger partial charge in [-0.05, 0) is 68.7 Å². The largest absolute Gasteiger partial charge is 0.426 e. The fourth-order valence-electron chi connectivity index (χ4n) is 5.21. The number of benzene rings is 2. The molecule has 9 heteroatoms. The predicted octanol–water partition coefficient (Wildman–Crippen LogP) is 5.11. The van der Waals surface area contributed by atoms with Gasteiger partial charge in [0.05, 0.1) is 34.2 Å². The smallest absolute Gasteiger partial charge is 0.316 e. The van der Waals surface area contributed by atoms with Gasteiger partial charge in [-0.2, -0.15) is 0 Å². The van der Waals surface area contributed by atoms with Crippen LogP contribution in [0, 0.1) is 24.7 Å². The van der Waals surface area contributed by atoms with E-state index >= 15 is 0 Å². The number of fused-ring (bicyclic) bond motifs is 1. The number of hydrogen-bond donors (Lipinski definition) is 0. The van der Waals surface area contributed by atoms with Crippen molar-refractivity contribution in [3.8, 4) is 5.75 Å². The van der Waals surface area contributed by atoms with E-state index in [9.17, 15) is 19.2 Å². The SMILES string of the molecule is CC1=CC[C@@H]2C(=O)N(c3ccc(OC(=O)[C@H]4CC(=O)N(c5cc(Cl)ccc5Cl)C4)cc3C)C(=O)[C@H]2C1. The summed E-state index contributed by atoms with van der Waals surface area (Å²) in [6.07, 6.45) is 3.19. The molecule has 2 fully saturated rings. The molecule has 0 N–H and O–H groups in total. The number of carbonyl (C=O) groups excluding carboxylic acids is 4. The van der Waals surface area contributed by atoms with Crippen LogP contribution in [0.15, 0.2) is 48.0 Å². The molecule has 0 bridgehead atoms. The minimum absolute atomic E-state index is 0.00818. The minimum Gasteiger partial charge on any atom is -0.426 e. The van der Waals surface area contributed by atoms with Crippen LogP contribution in [0.2, 0.25) is 10.0 Å². The minimum atomic E-state index is -0.673. The number of esters is 1. The van der Waals surface area contributed by atoms with Crippen molar-refractivity contribution >= 4 is 58.3 Å². The van der Waals surface area contributed by atoms with Crippen molar-refractivity contribution in [1.82, 2.24) is 0 Å². The van der Waals surface area contributed by atoms with Gasteiger partial charge < -0.3 is 9.64 Å². The van der Waals surface area contributed by atoms with Crippen molar-refractivity contribution < 1.29 is 23.9 Å². The first kappa shape index (κ1) is 24.5. The van der Waals surface area contributed by atoms with Gasteiger partial charge in [0.2, 0.25) is 17.7 Å². The normalized spacial score (nSPS) is 23.7. The van der Waals surface area contributed by atoms with Gasteiger partial charge in [0.25, 0.3) is 0 Å². The molecule has 2 saturated heterocycles. The van der Waals surface area contributed by atoms with Crippen molar-refractivity contribution in [2.24, 2.45) is 17.8 Å². The van der Waals surface area contributed by atoms with Crippen LogP contribution in [0.5, 0.6) is 5.75 Å². The summed E-state index contributed by atoms with van der Waals surface area (Å²) in [4.78, 5) is 54.2. The summed E-state index contributed by atoms with van der Waals surface area (Å²) in [6.45, 7) is 3.87. The highest BCUT2D eigenvalue weighted by molar-refractivity contribution is 6.36. The Balaban J connectivity index is 1.29. The molecule has 0 aromatic heterocycles. The second kappa shape index (κ2) is 9.37. The van der Waals surface area contributed by atoms with Gasteiger partial charge in [0, 0.05) is 18.0 Å². The third-order valence-electron chi connectivity index (χ3n) is 7.11. The van der Waals surface area contributed by atoms with Gasteiger partial charge in [0.15, 0.2) is 0 Å². The van der Waals surface area contributed by atoms with Crippen LogP contribution in [-0.2, 0) is 19.2 Å². The average Bonchev–Trinajstić information content (AvgIpc) is 3.33. The van der Waals surface area contributed by atoms with E-state index in [0.717, 1.165) is 5.57 Å². The van der Waals surface area contributed by atoms with Crippen molar-refractivity contribution in [3.05, 3.63) is 63.7 Å². The Morgan fingerprint density at radius 1 is 0.944 bits per heavy atom. The molecule has 2 aromatic carbocycles. The lowest BCUT2D eigenvalue weighted by Gasteiger charge is -2.19. The highest BCUT2D eigenvalue weighted by Gasteiger charge is 2.49. The van der Waals surface area contributed by atoms with Crippen LogP contribution >= 0.6 is 23.2 Å². The van der Waals surface area contributed by atoms with E-state index in [4.69, 9.17) is 27.9 Å². The summed E-state index contributed by atoms with van der Waals surface area (Å²) in [6, 6.07) is 9.64. The van der Waals surface area contributed by atoms with Crippen LogP contribution in [-0.4, -0.2) is 30.2 Å². The Labute approximate surface area is 218 Å². The van der Waals surface area contributed by atoms with Crippen LogP contribution in [0.3, 0.4) is 0 Å². The van der Waals surface area contributed by atoms with E-state index in [1.807, 2.05) is 13.0 Å². The van der Waals surface area contributed by atoms with Gasteiger partial charge in [0.1, 0.15) is 5.75 Å². The summed E-state index contributed by atoms with van der Waals surface area (Å²) in [5.41, 5.74) is 2.71. The fourth-order valence-corrected chi connectivity index (χ4v) is 5.59. The summed E-state index contributed by atoms with van der Waals surface area (Å²) in [5, 5.41) is 0.800. The lowest BCUT2D eigenvalue weighted by Crippen LogP contribution is -2.31. The highest BCUT2D eigenvalue weighted by Crippen LogP contribution is 2.41. The number of aryl methyl sites for hydroxylation is 1. The number of allylic oxidation sites excluding steroid dienone is 2. The van der Waals surface area contributed by atoms with Gasteiger partial charge >= 0.3 is 5.97 Å². The van der Waals surface area contributed by atoms with Gasteiger partial charge in [-0.15, -0.1) is 0 Å². The summed E-state index contributed by atoms with van der Waals surface area (Å²) >= 11 is 12.3. The number of rotatable bonds is 4. The molecule has 3 aliphatic rings. The molecular weight excluding hydrogens is 503 g/mol. The predicted molar refractivity (Wildman–Crippen MR) is 136 cm³/mol. The maximum Gasteiger partial charge on any atom is 0.316 e. The van der Waals surface area contributed by atoms with E-state index in [1.165, 1.54) is 9.80 Å². The topological polar surface area (TPSA) is 84.0 Å². The Bertz CT molecular complexity index is 1340. The van der Waals surface area contributed by atoms with Crippen LogP contribution < -0.4 is 14.5 Å². The van der Waals surface area contributed by atoms with E-state index < -0.39 is 11.9 Å². The van der Waals surface area contributed by atoms with Crippen molar-refractivity contribution in [3.63, 3.8) is 0 Å². The summed E-state index contributed by atoms with van der Waals surface area (Å²) < 4.78 is 5.57. The number of anilines is 2. The molecule has 2 heterocycles. The highest BCUT2D eigenvalue weighted by atomic mass is 35.5. The molecule has 0 saturated carbocycles. The lowest BCUT2D eigenvalue weighted by molar-refractivity contribution is -0.139. The molecule has 1 aliphatic carbocycles. The number of ether oxygens (including phenoxy) is 1. The Morgan fingerprint density at radius 3 is 2.44 bits per heavy atom. The Kier molecular flexibility index (Phi) is 6.39. The first-order valence-corrected chi connectivity index (χ1v) is 12.5. The number of hydrogen-bond acceptors (Lipinski definition) is 5. The standard InChI is InChI=1S/C27H24Cl2N2O5/c1-14-3-6-19-20(9-14)26(34)31(25(19)33)22-8-5-18(10-15(22)2)36-27(35)16-11-24(32)30(13-16)23-12-17(28)4-7-21(23)29/h3-5,7-8,10,12,16,19-20H,6,9,11,13H2,1-2H3/t16-,19-,20-/m0/s1. The quantitative estimate of drug-likeness (QED) is 0.239. The molecule has 0 radical (unpaired) electrons. The molecule has 186 valence electrons.